The van der Waals surface area contributed by atoms with Crippen molar-refractivity contribution in [3.05, 3.63) is 33.9 Å². The topological polar surface area (TPSA) is 56.3 Å². The average molecular weight is 341 g/mol. The maximum absolute atomic E-state index is 12.6. The van der Waals surface area contributed by atoms with Gasteiger partial charge in [-0.05, 0) is 31.0 Å². The molecule has 0 bridgehead atoms. The predicted octanol–water partition coefficient (Wildman–Crippen LogP) is 3.71. The maximum atomic E-state index is 12.6. The van der Waals surface area contributed by atoms with Crippen LogP contribution in [0.1, 0.15) is 29.8 Å². The lowest BCUT2D eigenvalue weighted by atomic mass is 10.1. The Bertz CT molecular complexity index is 713. The van der Waals surface area contributed by atoms with Crippen molar-refractivity contribution in [2.24, 2.45) is 5.92 Å². The number of carbonyl (C=O) groups excluding carboxylic acids is 1. The number of amides is 1. The number of nitrogens with one attached hydrogen (secondary N) is 1. The summed E-state index contributed by atoms with van der Waals surface area (Å²) < 4.78 is 0. The number of H-pyrrole nitrogens is 1. The molecule has 2 aromatic rings. The molecule has 1 aromatic heterocycles. The number of rotatable bonds is 3. The standard InChI is InChI=1S/C16H18Cl2N2O2/c1-20(8-9-3-2-4-13(9)21)16(22)15-14(18)11-7-10(17)5-6-12(11)19-15/h5-7,9,13,19,21H,2-4,8H2,1H3. The molecular formula is C16H18Cl2N2O2. The van der Waals surface area contributed by atoms with E-state index in [9.17, 15) is 9.90 Å². The van der Waals surface area contributed by atoms with Gasteiger partial charge in [0.1, 0.15) is 5.69 Å². The van der Waals surface area contributed by atoms with E-state index in [4.69, 9.17) is 23.2 Å². The molecule has 0 radical (unpaired) electrons. The van der Waals surface area contributed by atoms with Crippen molar-refractivity contribution in [3.8, 4) is 0 Å². The zero-order chi connectivity index (χ0) is 15.9. The largest absolute Gasteiger partial charge is 0.393 e. The lowest BCUT2D eigenvalue weighted by molar-refractivity contribution is 0.0689. The molecule has 4 nitrogen and oxygen atoms in total. The van der Waals surface area contributed by atoms with E-state index >= 15 is 0 Å². The van der Waals surface area contributed by atoms with E-state index in [1.807, 2.05) is 0 Å². The molecule has 6 heteroatoms. The lowest BCUT2D eigenvalue weighted by Gasteiger charge is -2.23. The number of aromatic nitrogens is 1. The Morgan fingerprint density at radius 1 is 1.41 bits per heavy atom. The molecule has 118 valence electrons. The summed E-state index contributed by atoms with van der Waals surface area (Å²) in [6, 6.07) is 5.30. The zero-order valence-corrected chi connectivity index (χ0v) is 13.8. The van der Waals surface area contributed by atoms with Gasteiger partial charge in [0.2, 0.25) is 0 Å². The molecule has 22 heavy (non-hydrogen) atoms. The molecule has 1 saturated carbocycles. The molecule has 1 aliphatic rings. The fraction of sp³-hybridized carbons (Fsp3) is 0.438. The van der Waals surface area contributed by atoms with Crippen molar-refractivity contribution in [2.45, 2.75) is 25.4 Å². The highest BCUT2D eigenvalue weighted by atomic mass is 35.5. The third kappa shape index (κ3) is 2.83. The molecule has 3 rings (SSSR count). The highest BCUT2D eigenvalue weighted by Crippen LogP contribution is 2.31. The van der Waals surface area contributed by atoms with Crippen molar-refractivity contribution in [1.82, 2.24) is 9.88 Å². The minimum absolute atomic E-state index is 0.145. The quantitative estimate of drug-likeness (QED) is 0.894. The van der Waals surface area contributed by atoms with Gasteiger partial charge in [-0.15, -0.1) is 0 Å². The summed E-state index contributed by atoms with van der Waals surface area (Å²) in [6.45, 7) is 0.534. The van der Waals surface area contributed by atoms with E-state index in [0.29, 0.717) is 22.3 Å². The van der Waals surface area contributed by atoms with Gasteiger partial charge in [0.05, 0.1) is 11.1 Å². The number of halogens is 2. The van der Waals surface area contributed by atoms with Crippen molar-refractivity contribution in [2.75, 3.05) is 13.6 Å². The first-order valence-electron chi connectivity index (χ1n) is 7.37. The number of aliphatic hydroxyl groups is 1. The Kier molecular flexibility index (Phi) is 4.35. The minimum Gasteiger partial charge on any atom is -0.393 e. The van der Waals surface area contributed by atoms with Gasteiger partial charge < -0.3 is 15.0 Å². The molecular weight excluding hydrogens is 323 g/mol. The number of aliphatic hydroxyl groups excluding tert-OH is 1. The SMILES string of the molecule is CN(CC1CCCC1O)C(=O)c1[nH]c2ccc(Cl)cc2c1Cl. The first-order chi connectivity index (χ1) is 10.5. The fourth-order valence-corrected chi connectivity index (χ4v) is 3.59. The van der Waals surface area contributed by atoms with Crippen LogP contribution in [0.4, 0.5) is 0 Å². The van der Waals surface area contributed by atoms with Crippen LogP contribution in [0.3, 0.4) is 0 Å². The number of aromatic amines is 1. The van der Waals surface area contributed by atoms with E-state index in [2.05, 4.69) is 4.98 Å². The van der Waals surface area contributed by atoms with E-state index < -0.39 is 0 Å². The highest BCUT2D eigenvalue weighted by molar-refractivity contribution is 6.39. The number of fused-ring (bicyclic) bond motifs is 1. The second-order valence-electron chi connectivity index (χ2n) is 5.95. The smallest absolute Gasteiger partial charge is 0.271 e. The van der Waals surface area contributed by atoms with Gasteiger partial charge in [0.25, 0.3) is 5.91 Å². The molecule has 2 unspecified atom stereocenters. The Labute approximate surface area is 139 Å². The molecule has 0 spiro atoms. The van der Waals surface area contributed by atoms with E-state index in [-0.39, 0.29) is 17.9 Å². The lowest BCUT2D eigenvalue weighted by Crippen LogP contribution is -2.34. The summed E-state index contributed by atoms with van der Waals surface area (Å²) >= 11 is 12.3. The molecule has 1 heterocycles. The Balaban J connectivity index is 1.83. The third-order valence-electron chi connectivity index (χ3n) is 4.39. The van der Waals surface area contributed by atoms with Crippen molar-refractivity contribution in [1.29, 1.82) is 0 Å². The number of carbonyl (C=O) groups is 1. The Morgan fingerprint density at radius 3 is 2.86 bits per heavy atom. The van der Waals surface area contributed by atoms with E-state index in [1.54, 1.807) is 30.1 Å². The van der Waals surface area contributed by atoms with Gasteiger partial charge >= 0.3 is 0 Å². The van der Waals surface area contributed by atoms with Gasteiger partial charge in [-0.1, -0.05) is 29.6 Å². The van der Waals surface area contributed by atoms with E-state index in [1.165, 1.54) is 0 Å². The summed E-state index contributed by atoms with van der Waals surface area (Å²) in [5, 5.41) is 11.6. The second-order valence-corrected chi connectivity index (χ2v) is 6.76. The van der Waals surface area contributed by atoms with Crippen molar-refractivity contribution < 1.29 is 9.90 Å². The normalized spacial score (nSPS) is 21.5. The van der Waals surface area contributed by atoms with Crippen LogP contribution in [0.25, 0.3) is 10.9 Å². The Hall–Kier alpha value is -1.23. The summed E-state index contributed by atoms with van der Waals surface area (Å²) in [5.41, 5.74) is 1.15. The maximum Gasteiger partial charge on any atom is 0.271 e. The first kappa shape index (κ1) is 15.7. The molecule has 1 amide bonds. The molecule has 2 N–H and O–H groups in total. The minimum atomic E-state index is -0.313. The van der Waals surface area contributed by atoms with Crippen LogP contribution in [0.2, 0.25) is 10.0 Å². The third-order valence-corrected chi connectivity index (χ3v) is 5.01. The first-order valence-corrected chi connectivity index (χ1v) is 8.13. The summed E-state index contributed by atoms with van der Waals surface area (Å²) in [6.07, 6.45) is 2.47. The summed E-state index contributed by atoms with van der Waals surface area (Å²) in [7, 11) is 1.74. The monoisotopic (exact) mass is 340 g/mol. The number of hydrogen-bond donors (Lipinski definition) is 2. The second kappa shape index (κ2) is 6.11. The molecule has 1 aliphatic carbocycles. The molecule has 1 aromatic carbocycles. The van der Waals surface area contributed by atoms with Crippen LogP contribution in [-0.2, 0) is 0 Å². The predicted molar refractivity (Wildman–Crippen MR) is 88.6 cm³/mol. The highest BCUT2D eigenvalue weighted by Gasteiger charge is 2.29. The number of nitrogens with zero attached hydrogens (tertiary/aromatic N) is 1. The van der Waals surface area contributed by atoms with Crippen LogP contribution in [0, 0.1) is 5.92 Å². The van der Waals surface area contributed by atoms with Crippen LogP contribution in [0.15, 0.2) is 18.2 Å². The van der Waals surface area contributed by atoms with Crippen molar-refractivity contribution >= 4 is 40.0 Å². The van der Waals surface area contributed by atoms with Gasteiger partial charge in [-0.2, -0.15) is 0 Å². The molecule has 1 fully saturated rings. The van der Waals surface area contributed by atoms with Crippen LogP contribution < -0.4 is 0 Å². The van der Waals surface area contributed by atoms with Gasteiger partial charge in [-0.25, -0.2) is 0 Å². The Morgan fingerprint density at radius 2 is 2.18 bits per heavy atom. The number of benzene rings is 1. The average Bonchev–Trinajstić information content (AvgIpc) is 3.03. The van der Waals surface area contributed by atoms with Gasteiger partial charge in [-0.3, -0.25) is 4.79 Å². The van der Waals surface area contributed by atoms with Gasteiger partial charge in [0, 0.05) is 35.4 Å². The molecule has 0 aliphatic heterocycles. The van der Waals surface area contributed by atoms with Gasteiger partial charge in [0.15, 0.2) is 0 Å². The summed E-state index contributed by atoms with van der Waals surface area (Å²) in [4.78, 5) is 17.3. The number of hydrogen-bond acceptors (Lipinski definition) is 2. The van der Waals surface area contributed by atoms with Crippen LogP contribution in [0.5, 0.6) is 0 Å². The van der Waals surface area contributed by atoms with Crippen molar-refractivity contribution in [3.63, 3.8) is 0 Å². The zero-order valence-electron chi connectivity index (χ0n) is 12.3. The van der Waals surface area contributed by atoms with Crippen LogP contribution >= 0.6 is 23.2 Å². The molecule has 2 atom stereocenters. The van der Waals surface area contributed by atoms with E-state index in [0.717, 1.165) is 30.2 Å². The van der Waals surface area contributed by atoms with Crippen LogP contribution in [-0.4, -0.2) is 40.6 Å². The molecule has 0 saturated heterocycles. The summed E-state index contributed by atoms with van der Waals surface area (Å²) in [5.74, 6) is -0.0250. The fourth-order valence-electron chi connectivity index (χ4n) is 3.13.